The van der Waals surface area contributed by atoms with E-state index < -0.39 is 0 Å². The van der Waals surface area contributed by atoms with Crippen LogP contribution >= 0.6 is 0 Å². The van der Waals surface area contributed by atoms with Crippen LogP contribution in [0.1, 0.15) is 12.5 Å². The highest BCUT2D eigenvalue weighted by Gasteiger charge is 2.02. The smallest absolute Gasteiger partial charge is 0.118 e. The zero-order valence-corrected chi connectivity index (χ0v) is 8.91. The molecule has 0 heterocycles. The maximum Gasteiger partial charge on any atom is 0.118 e. The molecule has 0 amide bonds. The molecule has 0 aliphatic heterocycles. The molecule has 1 rings (SSSR count). The van der Waals surface area contributed by atoms with Crippen molar-refractivity contribution in [2.45, 2.75) is 19.4 Å². The Labute approximate surface area is 85.0 Å². The van der Waals surface area contributed by atoms with Gasteiger partial charge in [-0.25, -0.2) is 0 Å². The average Bonchev–Trinajstić information content (AvgIpc) is 2.19. The lowest BCUT2D eigenvalue weighted by molar-refractivity contribution is 0.0661. The molecule has 0 aliphatic carbocycles. The Morgan fingerprint density at radius 3 is 2.36 bits per heavy atom. The van der Waals surface area contributed by atoms with E-state index >= 15 is 0 Å². The zero-order valence-electron chi connectivity index (χ0n) is 8.91. The predicted octanol–water partition coefficient (Wildman–Crippen LogP) is 1.78. The minimum Gasteiger partial charge on any atom is -0.497 e. The summed E-state index contributed by atoms with van der Waals surface area (Å²) in [7, 11) is 3.30. The molecule has 0 unspecified atom stereocenters. The maximum atomic E-state index is 5.08. The van der Waals surface area contributed by atoms with Crippen LogP contribution in [-0.4, -0.2) is 20.3 Å². The molecule has 0 aromatic heterocycles. The van der Waals surface area contributed by atoms with E-state index in [0.29, 0.717) is 6.04 Å². The molecule has 1 atom stereocenters. The third kappa shape index (κ3) is 3.36. The largest absolute Gasteiger partial charge is 0.497 e. The van der Waals surface area contributed by atoms with E-state index in [4.69, 9.17) is 9.57 Å². The molecule has 1 aromatic carbocycles. The first-order valence-electron chi connectivity index (χ1n) is 4.67. The summed E-state index contributed by atoms with van der Waals surface area (Å²) in [5.74, 6) is 0.890. The molecule has 78 valence electrons. The maximum absolute atomic E-state index is 5.08. The van der Waals surface area contributed by atoms with Gasteiger partial charge in [0.05, 0.1) is 14.2 Å². The molecule has 1 aromatic rings. The van der Waals surface area contributed by atoms with Gasteiger partial charge in [0.1, 0.15) is 5.75 Å². The molecular formula is C11H17NO2. The minimum absolute atomic E-state index is 0.313. The fourth-order valence-electron chi connectivity index (χ4n) is 1.36. The van der Waals surface area contributed by atoms with E-state index in [9.17, 15) is 0 Å². The summed E-state index contributed by atoms with van der Waals surface area (Å²) in [6, 6.07) is 8.37. The Balaban J connectivity index is 2.50. The second kappa shape index (κ2) is 5.62. The fraction of sp³-hybridized carbons (Fsp3) is 0.455. The Bertz CT molecular complexity index is 258. The predicted molar refractivity (Wildman–Crippen MR) is 56.3 cm³/mol. The van der Waals surface area contributed by atoms with Crippen molar-refractivity contribution >= 4 is 0 Å². The number of nitrogens with one attached hydrogen (secondary N) is 1. The average molecular weight is 195 g/mol. The second-order valence-electron chi connectivity index (χ2n) is 3.28. The van der Waals surface area contributed by atoms with Gasteiger partial charge in [0, 0.05) is 6.04 Å². The third-order valence-electron chi connectivity index (χ3n) is 2.02. The van der Waals surface area contributed by atoms with Gasteiger partial charge in [0.2, 0.25) is 0 Å². The van der Waals surface area contributed by atoms with Gasteiger partial charge < -0.3 is 9.57 Å². The first-order valence-corrected chi connectivity index (χ1v) is 4.67. The van der Waals surface area contributed by atoms with E-state index in [0.717, 1.165) is 12.2 Å². The Morgan fingerprint density at radius 1 is 1.21 bits per heavy atom. The summed E-state index contributed by atoms with van der Waals surface area (Å²) in [4.78, 5) is 4.85. The van der Waals surface area contributed by atoms with Crippen molar-refractivity contribution in [3.05, 3.63) is 29.8 Å². The van der Waals surface area contributed by atoms with Crippen LogP contribution in [0.5, 0.6) is 5.75 Å². The SMILES string of the molecule is CON[C@@H](C)Cc1ccc(OC)cc1. The minimum atomic E-state index is 0.313. The van der Waals surface area contributed by atoms with Gasteiger partial charge in [0.15, 0.2) is 0 Å². The number of methoxy groups -OCH3 is 1. The van der Waals surface area contributed by atoms with Crippen LogP contribution in [0.15, 0.2) is 24.3 Å². The molecule has 3 heteroatoms. The molecule has 3 nitrogen and oxygen atoms in total. The lowest BCUT2D eigenvalue weighted by Crippen LogP contribution is -2.26. The number of ether oxygens (including phenoxy) is 1. The van der Waals surface area contributed by atoms with Crippen molar-refractivity contribution in [2.75, 3.05) is 14.2 Å². The molecule has 1 N–H and O–H groups in total. The highest BCUT2D eigenvalue weighted by atomic mass is 16.6. The summed E-state index contributed by atoms with van der Waals surface area (Å²) in [5.41, 5.74) is 4.16. The van der Waals surface area contributed by atoms with Crippen molar-refractivity contribution in [3.63, 3.8) is 0 Å². The summed E-state index contributed by atoms with van der Waals surface area (Å²) in [5, 5.41) is 0. The van der Waals surface area contributed by atoms with E-state index in [-0.39, 0.29) is 0 Å². The van der Waals surface area contributed by atoms with Gasteiger partial charge in [-0.3, -0.25) is 0 Å². The van der Waals surface area contributed by atoms with E-state index in [1.165, 1.54) is 5.56 Å². The fourth-order valence-corrected chi connectivity index (χ4v) is 1.36. The van der Waals surface area contributed by atoms with Crippen LogP contribution in [0.2, 0.25) is 0 Å². The molecule has 14 heavy (non-hydrogen) atoms. The van der Waals surface area contributed by atoms with Crippen LogP contribution in [0.25, 0.3) is 0 Å². The number of hydroxylamine groups is 1. The number of benzene rings is 1. The Morgan fingerprint density at radius 2 is 1.86 bits per heavy atom. The van der Waals surface area contributed by atoms with Gasteiger partial charge in [-0.1, -0.05) is 12.1 Å². The first kappa shape index (κ1) is 11.0. The lowest BCUT2D eigenvalue weighted by atomic mass is 10.1. The quantitative estimate of drug-likeness (QED) is 0.726. The van der Waals surface area contributed by atoms with Gasteiger partial charge in [-0.05, 0) is 31.0 Å². The molecule has 0 aliphatic rings. The van der Waals surface area contributed by atoms with E-state index in [1.54, 1.807) is 14.2 Å². The van der Waals surface area contributed by atoms with Crippen LogP contribution < -0.4 is 10.2 Å². The molecule has 0 spiro atoms. The standard InChI is InChI=1S/C11H17NO2/c1-9(12-14-3)8-10-4-6-11(13-2)7-5-10/h4-7,9,12H,8H2,1-3H3/t9-/m0/s1. The summed E-state index contributed by atoms with van der Waals surface area (Å²) in [6.07, 6.45) is 0.942. The Hall–Kier alpha value is -1.06. The normalized spacial score (nSPS) is 12.5. The lowest BCUT2D eigenvalue weighted by Gasteiger charge is -2.11. The van der Waals surface area contributed by atoms with Gasteiger partial charge in [0.25, 0.3) is 0 Å². The van der Waals surface area contributed by atoms with Crippen molar-refractivity contribution in [1.82, 2.24) is 5.48 Å². The van der Waals surface area contributed by atoms with Crippen LogP contribution in [0.3, 0.4) is 0 Å². The van der Waals surface area contributed by atoms with E-state index in [2.05, 4.69) is 24.5 Å². The van der Waals surface area contributed by atoms with Gasteiger partial charge >= 0.3 is 0 Å². The molecule has 0 bridgehead atoms. The zero-order chi connectivity index (χ0) is 10.4. The summed E-state index contributed by atoms with van der Waals surface area (Å²) < 4.78 is 5.08. The number of rotatable bonds is 5. The highest BCUT2D eigenvalue weighted by Crippen LogP contribution is 2.12. The highest BCUT2D eigenvalue weighted by molar-refractivity contribution is 5.27. The molecule has 0 fully saturated rings. The van der Waals surface area contributed by atoms with Crippen molar-refractivity contribution < 1.29 is 9.57 Å². The third-order valence-corrected chi connectivity index (χ3v) is 2.02. The van der Waals surface area contributed by atoms with Gasteiger partial charge in [-0.15, -0.1) is 0 Å². The van der Waals surface area contributed by atoms with Crippen molar-refractivity contribution in [1.29, 1.82) is 0 Å². The second-order valence-corrected chi connectivity index (χ2v) is 3.28. The Kier molecular flexibility index (Phi) is 4.43. The van der Waals surface area contributed by atoms with Crippen LogP contribution in [-0.2, 0) is 11.3 Å². The van der Waals surface area contributed by atoms with Crippen molar-refractivity contribution in [3.8, 4) is 5.75 Å². The van der Waals surface area contributed by atoms with Gasteiger partial charge in [-0.2, -0.15) is 5.48 Å². The molecular weight excluding hydrogens is 178 g/mol. The molecule has 0 saturated heterocycles. The monoisotopic (exact) mass is 195 g/mol. The molecule has 0 radical (unpaired) electrons. The first-order chi connectivity index (χ1) is 6.76. The van der Waals surface area contributed by atoms with Crippen LogP contribution in [0, 0.1) is 0 Å². The van der Waals surface area contributed by atoms with Crippen LogP contribution in [0.4, 0.5) is 0 Å². The summed E-state index contributed by atoms with van der Waals surface area (Å²) >= 11 is 0. The van der Waals surface area contributed by atoms with E-state index in [1.807, 2.05) is 12.1 Å². The molecule has 0 saturated carbocycles. The van der Waals surface area contributed by atoms with Crippen molar-refractivity contribution in [2.24, 2.45) is 0 Å². The number of hydrogen-bond acceptors (Lipinski definition) is 3. The summed E-state index contributed by atoms with van der Waals surface area (Å²) in [6.45, 7) is 2.08. The topological polar surface area (TPSA) is 30.5 Å². The number of hydrogen-bond donors (Lipinski definition) is 1.